The summed E-state index contributed by atoms with van der Waals surface area (Å²) in [5.41, 5.74) is 13.7. The molecule has 232 valence electrons. The summed E-state index contributed by atoms with van der Waals surface area (Å²) < 4.78 is 0. The standard InChI is InChI=1S/C28H38N8O7/c29-10-4-3-7-21(26(40)36-23(28(42)43)11-16-13-32-20-6-2-1-5-18(16)20)35-27(41)22(8-9-24(37)38)34-25(39)19(30)12-17-14-31-15-33-17/h1-2,5-6,13-15,19,21-23,32H,3-4,7-12,29-30H2,(H,31,33)(H,34,39)(H,35,41)(H,36,40)(H,37,38)(H,42,43). The van der Waals surface area contributed by atoms with E-state index in [9.17, 15) is 34.2 Å². The zero-order valence-corrected chi connectivity index (χ0v) is 23.5. The van der Waals surface area contributed by atoms with E-state index in [4.69, 9.17) is 11.5 Å². The number of hydrogen-bond acceptors (Lipinski definition) is 8. The van der Waals surface area contributed by atoms with Gasteiger partial charge in [-0.15, -0.1) is 0 Å². The van der Waals surface area contributed by atoms with Crippen LogP contribution in [-0.2, 0) is 36.8 Å². The van der Waals surface area contributed by atoms with Gasteiger partial charge >= 0.3 is 11.9 Å². The third-order valence-corrected chi connectivity index (χ3v) is 6.90. The SMILES string of the molecule is NCCCCC(NC(=O)C(CCC(=O)O)NC(=O)C(N)Cc1cnc[nH]1)C(=O)NC(Cc1c[nH]c2ccccc12)C(=O)O. The number of rotatable bonds is 18. The Morgan fingerprint density at radius 1 is 0.860 bits per heavy atom. The molecule has 0 aliphatic carbocycles. The lowest BCUT2D eigenvalue weighted by atomic mass is 10.0. The summed E-state index contributed by atoms with van der Waals surface area (Å²) in [6, 6.07) is 2.49. The number of benzene rings is 1. The van der Waals surface area contributed by atoms with Gasteiger partial charge in [-0.05, 0) is 43.9 Å². The van der Waals surface area contributed by atoms with E-state index in [2.05, 4.69) is 30.9 Å². The van der Waals surface area contributed by atoms with E-state index in [-0.39, 0.29) is 25.7 Å². The molecule has 0 saturated carbocycles. The smallest absolute Gasteiger partial charge is 0.326 e. The van der Waals surface area contributed by atoms with Crippen molar-refractivity contribution in [3.05, 3.63) is 54.2 Å². The van der Waals surface area contributed by atoms with Crippen LogP contribution >= 0.6 is 0 Å². The summed E-state index contributed by atoms with van der Waals surface area (Å²) in [6.45, 7) is 0.339. The lowest BCUT2D eigenvalue weighted by Gasteiger charge is -2.25. The largest absolute Gasteiger partial charge is 0.481 e. The predicted octanol–water partition coefficient (Wildman–Crippen LogP) is -0.464. The molecule has 0 spiro atoms. The summed E-state index contributed by atoms with van der Waals surface area (Å²) in [4.78, 5) is 72.5. The molecule has 0 saturated heterocycles. The molecule has 0 aliphatic rings. The highest BCUT2D eigenvalue weighted by Crippen LogP contribution is 2.19. The van der Waals surface area contributed by atoms with Gasteiger partial charge < -0.3 is 47.6 Å². The zero-order chi connectivity index (χ0) is 31.4. The fourth-order valence-corrected chi connectivity index (χ4v) is 4.57. The Morgan fingerprint density at radius 2 is 1.53 bits per heavy atom. The van der Waals surface area contributed by atoms with Crippen LogP contribution in [0.3, 0.4) is 0 Å². The van der Waals surface area contributed by atoms with Crippen LogP contribution in [0.2, 0.25) is 0 Å². The number of aromatic nitrogens is 3. The average molecular weight is 599 g/mol. The third kappa shape index (κ3) is 9.93. The number of nitrogens with two attached hydrogens (primary N) is 2. The van der Waals surface area contributed by atoms with Crippen molar-refractivity contribution in [3.63, 3.8) is 0 Å². The van der Waals surface area contributed by atoms with Crippen molar-refractivity contribution in [2.75, 3.05) is 6.54 Å². The number of nitrogens with zero attached hydrogens (tertiary/aromatic N) is 1. The van der Waals surface area contributed by atoms with Gasteiger partial charge in [-0.1, -0.05) is 18.2 Å². The van der Waals surface area contributed by atoms with Gasteiger partial charge in [0.15, 0.2) is 0 Å². The van der Waals surface area contributed by atoms with Crippen LogP contribution in [0, 0.1) is 0 Å². The Labute approximate surface area is 247 Å². The quantitative estimate of drug-likeness (QED) is 0.0851. The first-order chi connectivity index (χ1) is 20.6. The van der Waals surface area contributed by atoms with Crippen LogP contribution in [0.4, 0.5) is 0 Å². The Bertz CT molecular complexity index is 1390. The number of carbonyl (C=O) groups is 5. The van der Waals surface area contributed by atoms with Crippen molar-refractivity contribution in [3.8, 4) is 0 Å². The van der Waals surface area contributed by atoms with Crippen molar-refractivity contribution in [2.24, 2.45) is 11.5 Å². The van der Waals surface area contributed by atoms with Gasteiger partial charge in [-0.3, -0.25) is 19.2 Å². The topological polar surface area (TPSA) is 258 Å². The van der Waals surface area contributed by atoms with Gasteiger partial charge in [-0.2, -0.15) is 0 Å². The van der Waals surface area contributed by atoms with Crippen molar-refractivity contribution in [1.82, 2.24) is 30.9 Å². The van der Waals surface area contributed by atoms with E-state index in [1.165, 1.54) is 12.5 Å². The maximum atomic E-state index is 13.3. The van der Waals surface area contributed by atoms with E-state index >= 15 is 0 Å². The number of aliphatic carboxylic acids is 2. The number of carboxylic acids is 2. The molecule has 4 atom stereocenters. The van der Waals surface area contributed by atoms with Gasteiger partial charge in [0.2, 0.25) is 17.7 Å². The fourth-order valence-electron chi connectivity index (χ4n) is 4.57. The number of H-pyrrole nitrogens is 2. The minimum absolute atomic E-state index is 0.0138. The maximum Gasteiger partial charge on any atom is 0.326 e. The molecule has 0 radical (unpaired) electrons. The Hall–Kier alpha value is -4.76. The minimum Gasteiger partial charge on any atom is -0.481 e. The summed E-state index contributed by atoms with van der Waals surface area (Å²) in [6.07, 6.45) is 5.09. The molecule has 11 N–H and O–H groups in total. The molecule has 0 aliphatic heterocycles. The van der Waals surface area contributed by atoms with E-state index < -0.39 is 60.2 Å². The van der Waals surface area contributed by atoms with Crippen molar-refractivity contribution in [1.29, 1.82) is 0 Å². The van der Waals surface area contributed by atoms with Crippen molar-refractivity contribution in [2.45, 2.75) is 69.1 Å². The molecule has 2 aromatic heterocycles. The monoisotopic (exact) mass is 598 g/mol. The molecular weight excluding hydrogens is 560 g/mol. The van der Waals surface area contributed by atoms with E-state index in [0.29, 0.717) is 30.6 Å². The number of fused-ring (bicyclic) bond motifs is 1. The second-order valence-electron chi connectivity index (χ2n) is 10.2. The first kappa shape index (κ1) is 32.8. The Morgan fingerprint density at radius 3 is 2.19 bits per heavy atom. The molecule has 0 bridgehead atoms. The van der Waals surface area contributed by atoms with Crippen molar-refractivity contribution >= 4 is 40.6 Å². The van der Waals surface area contributed by atoms with Gasteiger partial charge in [0.05, 0.1) is 12.4 Å². The highest BCUT2D eigenvalue weighted by molar-refractivity contribution is 5.94. The molecule has 3 amide bonds. The van der Waals surface area contributed by atoms with Crippen LogP contribution in [0.15, 0.2) is 43.0 Å². The highest BCUT2D eigenvalue weighted by Gasteiger charge is 2.31. The summed E-state index contributed by atoms with van der Waals surface area (Å²) in [7, 11) is 0. The predicted molar refractivity (Wildman–Crippen MR) is 155 cm³/mol. The lowest BCUT2D eigenvalue weighted by Crippen LogP contribution is -2.57. The van der Waals surface area contributed by atoms with Crippen LogP contribution in [0.1, 0.15) is 43.4 Å². The lowest BCUT2D eigenvalue weighted by molar-refractivity contribution is -0.142. The molecule has 2 heterocycles. The van der Waals surface area contributed by atoms with Crippen LogP contribution in [-0.4, -0.2) is 85.5 Å². The summed E-state index contributed by atoms with van der Waals surface area (Å²) in [5, 5.41) is 27.4. The van der Waals surface area contributed by atoms with Crippen LogP contribution in [0.25, 0.3) is 10.9 Å². The van der Waals surface area contributed by atoms with Crippen molar-refractivity contribution < 1.29 is 34.2 Å². The van der Waals surface area contributed by atoms with Gasteiger partial charge in [0.25, 0.3) is 0 Å². The number of hydrogen-bond donors (Lipinski definition) is 9. The second kappa shape index (κ2) is 16.0. The molecular formula is C28H38N8O7. The minimum atomic E-state index is -1.32. The summed E-state index contributed by atoms with van der Waals surface area (Å²) >= 11 is 0. The molecule has 1 aromatic carbocycles. The molecule has 43 heavy (non-hydrogen) atoms. The molecule has 3 rings (SSSR count). The number of unbranched alkanes of at least 4 members (excludes halogenated alkanes) is 1. The molecule has 4 unspecified atom stereocenters. The van der Waals surface area contributed by atoms with Gasteiger partial charge in [0, 0.05) is 48.3 Å². The molecule has 0 fully saturated rings. The van der Waals surface area contributed by atoms with E-state index in [1.807, 2.05) is 24.3 Å². The number of carboxylic acid groups (broad SMARTS) is 2. The van der Waals surface area contributed by atoms with Crippen LogP contribution < -0.4 is 27.4 Å². The van der Waals surface area contributed by atoms with Crippen LogP contribution in [0.5, 0.6) is 0 Å². The Balaban J connectivity index is 1.72. The van der Waals surface area contributed by atoms with Gasteiger partial charge in [-0.25, -0.2) is 9.78 Å². The number of para-hydroxylation sites is 1. The number of carbonyl (C=O) groups excluding carboxylic acids is 3. The number of imidazole rings is 1. The number of aromatic amines is 2. The Kier molecular flexibility index (Phi) is 12.2. The maximum absolute atomic E-state index is 13.3. The van der Waals surface area contributed by atoms with E-state index in [0.717, 1.165) is 10.9 Å². The number of amides is 3. The molecule has 3 aromatic rings. The highest BCUT2D eigenvalue weighted by atomic mass is 16.4. The molecule has 15 nitrogen and oxygen atoms in total. The average Bonchev–Trinajstić information content (AvgIpc) is 3.64. The zero-order valence-electron chi connectivity index (χ0n) is 23.5. The summed E-state index contributed by atoms with van der Waals surface area (Å²) in [5.74, 6) is -4.69. The third-order valence-electron chi connectivity index (χ3n) is 6.90. The molecule has 15 heteroatoms. The first-order valence-corrected chi connectivity index (χ1v) is 13.9. The van der Waals surface area contributed by atoms with Gasteiger partial charge in [0.1, 0.15) is 18.1 Å². The second-order valence-corrected chi connectivity index (χ2v) is 10.2. The normalized spacial score (nSPS) is 13.9. The number of nitrogens with one attached hydrogen (secondary N) is 5. The first-order valence-electron chi connectivity index (χ1n) is 13.9. The fraction of sp³-hybridized carbons (Fsp3) is 0.429. The van der Waals surface area contributed by atoms with E-state index in [1.54, 1.807) is 6.20 Å².